The van der Waals surface area contributed by atoms with Crippen LogP contribution in [0.25, 0.3) is 0 Å². The van der Waals surface area contributed by atoms with Gasteiger partial charge in [0.1, 0.15) is 30.0 Å². The molecule has 1 aromatic heterocycles. The Morgan fingerprint density at radius 2 is 1.78 bits per heavy atom. The maximum Gasteiger partial charge on any atom is 0.425 e. The number of cyclic esters (lactones) is 1. The van der Waals surface area contributed by atoms with Gasteiger partial charge in [-0.05, 0) is 54.0 Å². The first-order chi connectivity index (χ1) is 23.8. The highest BCUT2D eigenvalue weighted by molar-refractivity contribution is 6.05. The van der Waals surface area contributed by atoms with Crippen molar-refractivity contribution in [3.05, 3.63) is 11.9 Å². The Labute approximate surface area is 301 Å². The number of carbonyl (C=O) groups excluding carboxylic acids is 4. The van der Waals surface area contributed by atoms with E-state index in [1.165, 1.54) is 14.0 Å². The fourth-order valence-electron chi connectivity index (χ4n) is 8.22. The summed E-state index contributed by atoms with van der Waals surface area (Å²) < 4.78 is 31.6. The number of aliphatic hydroxyl groups excluding tert-OH is 1. The van der Waals surface area contributed by atoms with Gasteiger partial charge in [0.25, 0.3) is 7.98 Å². The number of carbonyl (C=O) groups is 4. The van der Waals surface area contributed by atoms with Crippen molar-refractivity contribution in [1.29, 1.82) is 0 Å². The van der Waals surface area contributed by atoms with Crippen molar-refractivity contribution in [3.8, 4) is 0 Å². The molecule has 2 radical (unpaired) electrons. The zero-order valence-electron chi connectivity index (χ0n) is 31.5. The number of hydrazine groups is 1. The molecule has 0 aliphatic carbocycles. The summed E-state index contributed by atoms with van der Waals surface area (Å²) in [5.41, 5.74) is -2.09. The SMILES string of the molecule is [B]n1cc(CCN(C)[C@H]2C[C@@H](C)O[C@@H](O[C@@H]3[C@@H](C)C(=O)[C@@H](C)C(=O)O[C@H](CC)[C@@]4(C)OC(=O)N(N)[C@@H]4[C@@H](C)C(=O)[C@H](C)C[C@@]3(C)OC)[C@@H]2O)nn1. The van der Waals surface area contributed by atoms with Crippen molar-refractivity contribution >= 4 is 31.6 Å². The number of fused-ring (bicyclic) bond motifs is 1. The summed E-state index contributed by atoms with van der Waals surface area (Å²) in [6, 6.07) is -1.37. The van der Waals surface area contributed by atoms with Crippen LogP contribution in [0.1, 0.15) is 80.3 Å². The standard InChI is InChI=1S/C34H55BN6O10/c1-11-24-34(8)28(41(36)32(46)51-34)19(4)25(42)17(2)15-33(7,47-10)29(20(5)26(43)21(6)30(45)49-24)50-31-27(44)23(14-18(3)48-31)39(9)13-12-22-16-40(35)38-37-22/h16-21,23-24,27-29,31,44H,11-15,36H2,1-10H3/t17-,18-,19+,20+,21-,23+,24-,27-,28-,29-,31+,33-,34-/m1/s1. The van der Waals surface area contributed by atoms with Crippen LogP contribution in [0.5, 0.6) is 0 Å². The van der Waals surface area contributed by atoms with Crippen molar-refractivity contribution in [2.45, 2.75) is 135 Å². The Kier molecular flexibility index (Phi) is 12.8. The monoisotopic (exact) mass is 718 g/mol. The molecule has 17 heteroatoms. The van der Waals surface area contributed by atoms with E-state index < -0.39 is 89.4 Å². The molecule has 0 spiro atoms. The van der Waals surface area contributed by atoms with E-state index in [1.54, 1.807) is 47.7 Å². The number of aromatic nitrogens is 3. The molecule has 16 nitrogen and oxygen atoms in total. The van der Waals surface area contributed by atoms with Crippen LogP contribution in [-0.4, -0.2) is 136 Å². The van der Waals surface area contributed by atoms with Crippen molar-refractivity contribution in [3.63, 3.8) is 0 Å². The van der Waals surface area contributed by atoms with Crippen LogP contribution in [0, 0.1) is 23.7 Å². The number of hydrogen-bond donors (Lipinski definition) is 2. The maximum atomic E-state index is 14.2. The number of hydrogen-bond acceptors (Lipinski definition) is 14. The van der Waals surface area contributed by atoms with E-state index in [4.69, 9.17) is 37.5 Å². The average Bonchev–Trinajstić information content (AvgIpc) is 3.61. The highest BCUT2D eigenvalue weighted by Crippen LogP contribution is 2.42. The van der Waals surface area contributed by atoms with Crippen LogP contribution in [0.2, 0.25) is 0 Å². The number of ether oxygens (including phenoxy) is 5. The van der Waals surface area contributed by atoms with E-state index in [9.17, 15) is 24.3 Å². The summed E-state index contributed by atoms with van der Waals surface area (Å²) in [5.74, 6) is 0.852. The maximum absolute atomic E-state index is 14.2. The predicted octanol–water partition coefficient (Wildman–Crippen LogP) is 1.20. The van der Waals surface area contributed by atoms with Crippen LogP contribution in [0.3, 0.4) is 0 Å². The second-order valence-corrected chi connectivity index (χ2v) is 15.0. The van der Waals surface area contributed by atoms with Gasteiger partial charge in [0.2, 0.25) is 0 Å². The number of Topliss-reactive ketones (excluding diaryl/α,β-unsaturated/α-hetero) is 2. The van der Waals surface area contributed by atoms with Gasteiger partial charge in [-0.1, -0.05) is 32.9 Å². The molecule has 1 aromatic rings. The number of likely N-dealkylation sites (N-methyl/N-ethyl adjacent to an activating group) is 1. The first-order valence-electron chi connectivity index (χ1n) is 17.7. The highest BCUT2D eigenvalue weighted by Gasteiger charge is 2.60. The zero-order chi connectivity index (χ0) is 38.2. The van der Waals surface area contributed by atoms with Crippen molar-refractivity contribution in [1.82, 2.24) is 24.8 Å². The number of esters is 1. The largest absolute Gasteiger partial charge is 0.458 e. The molecular formula is C34H55BN6O10. The van der Waals surface area contributed by atoms with Gasteiger partial charge in [0, 0.05) is 50.1 Å². The van der Waals surface area contributed by atoms with E-state index in [2.05, 4.69) is 10.3 Å². The number of methoxy groups -OCH3 is 1. The molecule has 51 heavy (non-hydrogen) atoms. The van der Waals surface area contributed by atoms with Gasteiger partial charge in [0.05, 0.1) is 23.5 Å². The van der Waals surface area contributed by atoms with Gasteiger partial charge >= 0.3 is 12.1 Å². The first kappa shape index (κ1) is 40.8. The molecule has 3 N–H and O–H groups in total. The molecule has 0 unspecified atom stereocenters. The number of ketones is 2. The minimum Gasteiger partial charge on any atom is -0.458 e. The fraction of sp³-hybridized carbons (Fsp3) is 0.824. The van der Waals surface area contributed by atoms with E-state index in [0.717, 1.165) is 9.60 Å². The smallest absolute Gasteiger partial charge is 0.425 e. The molecule has 284 valence electrons. The third-order valence-corrected chi connectivity index (χ3v) is 11.3. The van der Waals surface area contributed by atoms with E-state index in [-0.39, 0.29) is 24.7 Å². The minimum atomic E-state index is -1.47. The molecule has 4 rings (SSSR count). The van der Waals surface area contributed by atoms with E-state index in [0.29, 0.717) is 25.1 Å². The Morgan fingerprint density at radius 3 is 2.37 bits per heavy atom. The molecule has 3 aliphatic rings. The summed E-state index contributed by atoms with van der Waals surface area (Å²) in [6.45, 7) is 14.0. The van der Waals surface area contributed by atoms with Gasteiger partial charge in [-0.3, -0.25) is 14.4 Å². The molecule has 1 amide bonds. The zero-order valence-corrected chi connectivity index (χ0v) is 31.5. The number of amides is 1. The van der Waals surface area contributed by atoms with Crippen LogP contribution in [0.15, 0.2) is 6.20 Å². The Bertz CT molecular complexity index is 1430. The van der Waals surface area contributed by atoms with E-state index >= 15 is 0 Å². The van der Waals surface area contributed by atoms with Gasteiger partial charge in [-0.15, -0.1) is 5.10 Å². The molecule has 13 atom stereocenters. The second kappa shape index (κ2) is 16.0. The summed E-state index contributed by atoms with van der Waals surface area (Å²) in [7, 11) is 8.98. The lowest BCUT2D eigenvalue weighted by Gasteiger charge is -2.47. The lowest BCUT2D eigenvalue weighted by Crippen LogP contribution is -2.61. The lowest BCUT2D eigenvalue weighted by molar-refractivity contribution is -0.296. The molecule has 3 fully saturated rings. The molecule has 4 heterocycles. The summed E-state index contributed by atoms with van der Waals surface area (Å²) in [6.07, 6.45) is -2.67. The summed E-state index contributed by atoms with van der Waals surface area (Å²) in [4.78, 5) is 56.8. The number of nitrogens with two attached hydrogens (primary N) is 1. The van der Waals surface area contributed by atoms with Crippen LogP contribution < -0.4 is 5.84 Å². The van der Waals surface area contributed by atoms with Crippen molar-refractivity contribution in [2.24, 2.45) is 29.5 Å². The average molecular weight is 719 g/mol. The van der Waals surface area contributed by atoms with Crippen LogP contribution >= 0.6 is 0 Å². The van der Waals surface area contributed by atoms with Crippen LogP contribution in [-0.2, 0) is 44.5 Å². The molecule has 0 saturated carbocycles. The molecular weight excluding hydrogens is 663 g/mol. The van der Waals surface area contributed by atoms with Crippen molar-refractivity contribution < 1.29 is 48.0 Å². The lowest BCUT2D eigenvalue weighted by atomic mass is 9.73. The third-order valence-electron chi connectivity index (χ3n) is 11.3. The Morgan fingerprint density at radius 1 is 1.12 bits per heavy atom. The van der Waals surface area contributed by atoms with Gasteiger partial charge < -0.3 is 38.3 Å². The normalized spacial score (nSPS) is 40.2. The molecule has 0 aromatic carbocycles. The Balaban J connectivity index is 1.69. The van der Waals surface area contributed by atoms with Crippen molar-refractivity contribution in [2.75, 3.05) is 20.7 Å². The quantitative estimate of drug-likeness (QED) is 0.128. The highest BCUT2D eigenvalue weighted by atomic mass is 16.7. The van der Waals surface area contributed by atoms with Gasteiger partial charge in [-0.25, -0.2) is 15.6 Å². The van der Waals surface area contributed by atoms with Crippen LogP contribution in [0.4, 0.5) is 4.79 Å². The molecule has 0 bridgehead atoms. The Hall–Kier alpha value is -2.96. The van der Waals surface area contributed by atoms with E-state index in [1.807, 2.05) is 18.9 Å². The van der Waals surface area contributed by atoms with Gasteiger partial charge in [0.15, 0.2) is 17.7 Å². The number of rotatable bonds is 8. The van der Waals surface area contributed by atoms with Gasteiger partial charge in [-0.2, -0.15) is 0 Å². The number of aliphatic hydroxyl groups is 1. The number of nitrogens with zero attached hydrogens (tertiary/aromatic N) is 5. The minimum absolute atomic E-state index is 0.0807. The first-order valence-corrected chi connectivity index (χ1v) is 17.7. The predicted molar refractivity (Wildman–Crippen MR) is 183 cm³/mol. The molecule has 3 saturated heterocycles. The summed E-state index contributed by atoms with van der Waals surface area (Å²) >= 11 is 0. The second-order valence-electron chi connectivity index (χ2n) is 15.0. The molecule has 3 aliphatic heterocycles. The third kappa shape index (κ3) is 8.18. The topological polar surface area (TPSA) is 198 Å². The summed E-state index contributed by atoms with van der Waals surface area (Å²) in [5, 5.41) is 20.4. The fourth-order valence-corrected chi connectivity index (χ4v) is 8.22.